The highest BCUT2D eigenvalue weighted by Crippen LogP contribution is 2.13. The number of rotatable bonds is 0. The van der Waals surface area contributed by atoms with Gasteiger partial charge in [0.05, 0.1) is 5.35 Å². The molecule has 1 nitrogen and oxygen atoms in total. The highest BCUT2D eigenvalue weighted by molar-refractivity contribution is 5.61. The monoisotopic (exact) mass is 217 g/mol. The Labute approximate surface area is 98.8 Å². The molecule has 0 spiro atoms. The van der Waals surface area contributed by atoms with Crippen LogP contribution < -0.4 is 10.4 Å². The van der Waals surface area contributed by atoms with E-state index in [1.54, 1.807) is 0 Å². The highest BCUT2D eigenvalue weighted by atomic mass is 14.6. The first kappa shape index (κ1) is 8.94. The number of hydrogen-bond donors (Lipinski definition) is 0. The molecule has 2 aromatic rings. The standard InChI is InChI=1S/C16H11N/c1-4-8-14-11(5-1)9-15-13-7-3-2-6-12(13)10-17-16(14)15/h1-6,8-10H,7H2. The molecule has 0 atom stereocenters. The summed E-state index contributed by atoms with van der Waals surface area (Å²) in [7, 11) is 0. The molecule has 80 valence electrons. The zero-order valence-electron chi connectivity index (χ0n) is 9.35. The van der Waals surface area contributed by atoms with Crippen LogP contribution in [0, 0.1) is 10.6 Å². The third-order valence-electron chi connectivity index (χ3n) is 3.51. The Hall–Kier alpha value is -2.15. The average molecular weight is 217 g/mol. The second-order valence-corrected chi connectivity index (χ2v) is 4.48. The normalized spacial score (nSPS) is 14.4. The smallest absolute Gasteiger partial charge is 0.0783 e. The molecular formula is C16H11N. The number of pyridine rings is 1. The third kappa shape index (κ3) is 1.17. The van der Waals surface area contributed by atoms with Crippen LogP contribution in [0.2, 0.25) is 0 Å². The first-order chi connectivity index (χ1) is 8.43. The van der Waals surface area contributed by atoms with Crippen molar-refractivity contribution in [1.82, 2.24) is 4.98 Å². The first-order valence-corrected chi connectivity index (χ1v) is 5.89. The number of fused-ring (bicyclic) bond motifs is 4. The van der Waals surface area contributed by atoms with Crippen molar-refractivity contribution in [3.8, 4) is 0 Å². The van der Waals surface area contributed by atoms with Crippen LogP contribution in [0.4, 0.5) is 0 Å². The van der Waals surface area contributed by atoms with Gasteiger partial charge in [-0.3, -0.25) is 4.98 Å². The van der Waals surface area contributed by atoms with E-state index in [9.17, 15) is 0 Å². The van der Waals surface area contributed by atoms with Gasteiger partial charge in [-0.15, -0.1) is 0 Å². The molecule has 2 aliphatic carbocycles. The maximum absolute atomic E-state index is 4.62. The molecule has 1 heterocycles. The van der Waals surface area contributed by atoms with E-state index in [4.69, 9.17) is 0 Å². The van der Waals surface area contributed by atoms with Crippen LogP contribution in [-0.4, -0.2) is 4.98 Å². The Morgan fingerprint density at radius 1 is 1.06 bits per heavy atom. The van der Waals surface area contributed by atoms with Crippen LogP contribution in [-0.2, 0) is 6.42 Å². The predicted octanol–water partition coefficient (Wildman–Crippen LogP) is 1.40. The Kier molecular flexibility index (Phi) is 1.67. The predicted molar refractivity (Wildman–Crippen MR) is 68.5 cm³/mol. The molecular weight excluding hydrogens is 206 g/mol. The fourth-order valence-electron chi connectivity index (χ4n) is 2.67. The summed E-state index contributed by atoms with van der Waals surface area (Å²) in [6.45, 7) is 0. The third-order valence-corrected chi connectivity index (χ3v) is 3.51. The summed E-state index contributed by atoms with van der Waals surface area (Å²) in [5.74, 6) is 0. The van der Waals surface area contributed by atoms with E-state index >= 15 is 0 Å². The Morgan fingerprint density at radius 2 is 2.00 bits per heavy atom. The van der Waals surface area contributed by atoms with Gasteiger partial charge in [0.1, 0.15) is 0 Å². The van der Waals surface area contributed by atoms with Gasteiger partial charge in [0.25, 0.3) is 0 Å². The van der Waals surface area contributed by atoms with Gasteiger partial charge in [0, 0.05) is 17.0 Å². The molecule has 0 aliphatic heterocycles. The molecule has 1 aromatic heterocycles. The Bertz CT molecular complexity index is 857. The van der Waals surface area contributed by atoms with Gasteiger partial charge in [-0.2, -0.15) is 0 Å². The molecule has 0 saturated heterocycles. The SMILES string of the molecule is C1=CCc2c3c(ncc2=C1)=c1ccccc1=C3. The number of aromatic nitrogens is 1. The summed E-state index contributed by atoms with van der Waals surface area (Å²) in [6, 6.07) is 8.47. The van der Waals surface area contributed by atoms with E-state index < -0.39 is 0 Å². The van der Waals surface area contributed by atoms with E-state index in [2.05, 4.69) is 53.6 Å². The van der Waals surface area contributed by atoms with Gasteiger partial charge < -0.3 is 0 Å². The van der Waals surface area contributed by atoms with E-state index in [0.29, 0.717) is 0 Å². The minimum absolute atomic E-state index is 1.02. The van der Waals surface area contributed by atoms with Crippen molar-refractivity contribution in [3.63, 3.8) is 0 Å². The van der Waals surface area contributed by atoms with Crippen LogP contribution in [0.3, 0.4) is 0 Å². The van der Waals surface area contributed by atoms with E-state index in [-0.39, 0.29) is 0 Å². The molecule has 0 bridgehead atoms. The summed E-state index contributed by atoms with van der Waals surface area (Å²) in [5.41, 5.74) is 2.72. The van der Waals surface area contributed by atoms with Gasteiger partial charge in [0.2, 0.25) is 0 Å². The number of hydrogen-bond acceptors (Lipinski definition) is 1. The lowest BCUT2D eigenvalue weighted by atomic mass is 10.0. The maximum Gasteiger partial charge on any atom is 0.0783 e. The lowest BCUT2D eigenvalue weighted by molar-refractivity contribution is 1.12. The molecule has 1 heteroatoms. The summed E-state index contributed by atoms with van der Waals surface area (Å²) in [4.78, 5) is 4.62. The highest BCUT2D eigenvalue weighted by Gasteiger charge is 2.10. The molecule has 1 aromatic carbocycles. The van der Waals surface area contributed by atoms with E-state index in [1.807, 2.05) is 6.20 Å². The molecule has 0 saturated carbocycles. The number of benzene rings is 1. The first-order valence-electron chi connectivity index (χ1n) is 5.89. The summed E-state index contributed by atoms with van der Waals surface area (Å²) >= 11 is 0. The lowest BCUT2D eigenvalue weighted by Gasteiger charge is -2.06. The topological polar surface area (TPSA) is 12.9 Å². The zero-order valence-corrected chi connectivity index (χ0v) is 9.35. The molecule has 2 aliphatic rings. The molecule has 0 N–H and O–H groups in total. The second kappa shape index (κ2) is 3.17. The summed E-state index contributed by atoms with van der Waals surface area (Å²) in [5, 5.41) is 4.95. The Balaban J connectivity index is 2.27. The minimum atomic E-state index is 1.02. The zero-order chi connectivity index (χ0) is 11.2. The van der Waals surface area contributed by atoms with E-state index in [1.165, 1.54) is 26.8 Å². The van der Waals surface area contributed by atoms with Crippen molar-refractivity contribution >= 4 is 12.2 Å². The van der Waals surface area contributed by atoms with Crippen molar-refractivity contribution in [2.24, 2.45) is 0 Å². The van der Waals surface area contributed by atoms with Crippen LogP contribution in [0.25, 0.3) is 12.2 Å². The largest absolute Gasteiger partial charge is 0.255 e. The fourth-order valence-corrected chi connectivity index (χ4v) is 2.67. The van der Waals surface area contributed by atoms with Crippen LogP contribution in [0.15, 0.2) is 42.6 Å². The van der Waals surface area contributed by atoms with Crippen LogP contribution in [0.1, 0.15) is 11.1 Å². The lowest BCUT2D eigenvalue weighted by Crippen LogP contribution is -2.14. The fraction of sp³-hybridized carbons (Fsp3) is 0.0625. The quantitative estimate of drug-likeness (QED) is 0.555. The summed E-state index contributed by atoms with van der Waals surface area (Å²) < 4.78 is 0. The van der Waals surface area contributed by atoms with Gasteiger partial charge in [-0.1, -0.05) is 42.5 Å². The average Bonchev–Trinajstić information content (AvgIpc) is 2.78. The van der Waals surface area contributed by atoms with Crippen molar-refractivity contribution in [2.45, 2.75) is 6.42 Å². The van der Waals surface area contributed by atoms with Gasteiger partial charge >= 0.3 is 0 Å². The molecule has 0 unspecified atom stereocenters. The molecule has 4 rings (SSSR count). The Morgan fingerprint density at radius 3 is 3.00 bits per heavy atom. The van der Waals surface area contributed by atoms with Crippen LogP contribution >= 0.6 is 0 Å². The van der Waals surface area contributed by atoms with Crippen LogP contribution in [0.5, 0.6) is 0 Å². The van der Waals surface area contributed by atoms with Gasteiger partial charge in [-0.05, 0) is 28.5 Å². The minimum Gasteiger partial charge on any atom is -0.255 e. The molecule has 0 radical (unpaired) electrons. The molecule has 0 fully saturated rings. The van der Waals surface area contributed by atoms with E-state index in [0.717, 1.165) is 11.8 Å². The van der Waals surface area contributed by atoms with Crippen molar-refractivity contribution < 1.29 is 0 Å². The van der Waals surface area contributed by atoms with Gasteiger partial charge in [-0.25, -0.2) is 0 Å². The van der Waals surface area contributed by atoms with Crippen molar-refractivity contribution in [2.75, 3.05) is 0 Å². The number of nitrogens with zero attached hydrogens (tertiary/aromatic N) is 1. The van der Waals surface area contributed by atoms with Gasteiger partial charge in [0.15, 0.2) is 0 Å². The van der Waals surface area contributed by atoms with Crippen molar-refractivity contribution in [3.05, 3.63) is 74.7 Å². The molecule has 0 amide bonds. The maximum atomic E-state index is 4.62. The van der Waals surface area contributed by atoms with Crippen molar-refractivity contribution in [1.29, 1.82) is 0 Å². The molecule has 17 heavy (non-hydrogen) atoms. The second-order valence-electron chi connectivity index (χ2n) is 4.48. The number of allylic oxidation sites excluding steroid dienone is 2. The summed E-state index contributed by atoms with van der Waals surface area (Å²) in [6.07, 6.45) is 11.7.